The number of hydrogen-bond donors (Lipinski definition) is 1. The minimum absolute atomic E-state index is 0.0116. The first-order valence-electron chi connectivity index (χ1n) is 5.71. The van der Waals surface area contributed by atoms with E-state index in [1.807, 2.05) is 24.3 Å². The number of carbonyl (C=O) groups excluding carboxylic acids is 1. The Kier molecular flexibility index (Phi) is 6.05. The molecule has 4 heteroatoms. The first-order chi connectivity index (χ1) is 8.13. The molecule has 1 aromatic rings. The van der Waals surface area contributed by atoms with E-state index in [2.05, 4.69) is 35.1 Å². The average molecular weight is 300 g/mol. The highest BCUT2D eigenvalue weighted by Crippen LogP contribution is 2.24. The summed E-state index contributed by atoms with van der Waals surface area (Å²) < 4.78 is 5.65. The Balaban J connectivity index is 2.67. The number of nitrogens with one attached hydrogen (secondary N) is 1. The van der Waals surface area contributed by atoms with Crippen molar-refractivity contribution >= 4 is 27.5 Å². The first-order valence-corrected chi connectivity index (χ1v) is 6.83. The summed E-state index contributed by atoms with van der Waals surface area (Å²) in [5, 5.41) is 3.50. The second-order valence-electron chi connectivity index (χ2n) is 4.19. The normalized spacial score (nSPS) is 10.4. The number of hydrogen-bond acceptors (Lipinski definition) is 2. The largest absolute Gasteiger partial charge is 0.491 e. The van der Waals surface area contributed by atoms with E-state index >= 15 is 0 Å². The van der Waals surface area contributed by atoms with Gasteiger partial charge in [-0.2, -0.15) is 0 Å². The van der Waals surface area contributed by atoms with E-state index in [1.54, 1.807) is 0 Å². The van der Waals surface area contributed by atoms with Crippen LogP contribution >= 0.6 is 15.9 Å². The maximum absolute atomic E-state index is 11.5. The van der Waals surface area contributed by atoms with Crippen molar-refractivity contribution in [3.8, 4) is 5.75 Å². The first kappa shape index (κ1) is 14.0. The summed E-state index contributed by atoms with van der Waals surface area (Å²) in [7, 11) is 0. The van der Waals surface area contributed by atoms with Crippen molar-refractivity contribution in [3.05, 3.63) is 24.3 Å². The number of alkyl halides is 1. The fraction of sp³-hybridized carbons (Fsp3) is 0.462. The topological polar surface area (TPSA) is 38.3 Å². The van der Waals surface area contributed by atoms with Crippen molar-refractivity contribution in [1.29, 1.82) is 0 Å². The average Bonchev–Trinajstić information content (AvgIpc) is 2.28. The molecule has 0 heterocycles. The van der Waals surface area contributed by atoms with Crippen molar-refractivity contribution in [3.63, 3.8) is 0 Å². The predicted molar refractivity (Wildman–Crippen MR) is 73.8 cm³/mol. The maximum Gasteiger partial charge on any atom is 0.225 e. The molecule has 0 spiro atoms. The molecule has 3 nitrogen and oxygen atoms in total. The smallest absolute Gasteiger partial charge is 0.225 e. The molecule has 0 radical (unpaired) electrons. The van der Waals surface area contributed by atoms with Crippen LogP contribution in [-0.4, -0.2) is 17.8 Å². The Hall–Kier alpha value is -1.03. The van der Waals surface area contributed by atoms with Crippen LogP contribution in [-0.2, 0) is 4.79 Å². The van der Waals surface area contributed by atoms with E-state index in [4.69, 9.17) is 4.74 Å². The van der Waals surface area contributed by atoms with Gasteiger partial charge in [0.05, 0.1) is 12.3 Å². The highest BCUT2D eigenvalue weighted by atomic mass is 79.9. The Bertz CT molecular complexity index is 366. The highest BCUT2D eigenvalue weighted by molar-refractivity contribution is 9.09. The van der Waals surface area contributed by atoms with Crippen LogP contribution < -0.4 is 10.1 Å². The molecule has 0 bridgehead atoms. The molecule has 1 N–H and O–H groups in total. The van der Waals surface area contributed by atoms with Crippen LogP contribution in [0.4, 0.5) is 5.69 Å². The molecule has 94 valence electrons. The zero-order chi connectivity index (χ0) is 12.7. The summed E-state index contributed by atoms with van der Waals surface area (Å²) in [6.45, 7) is 4.82. The molecule has 0 unspecified atom stereocenters. The molecule has 0 saturated carbocycles. The van der Waals surface area contributed by atoms with Gasteiger partial charge in [-0.05, 0) is 18.1 Å². The summed E-state index contributed by atoms with van der Waals surface area (Å²) in [6.07, 6.45) is 0.457. The van der Waals surface area contributed by atoms with Crippen molar-refractivity contribution in [1.82, 2.24) is 0 Å². The Morgan fingerprint density at radius 2 is 2.12 bits per heavy atom. The molecular weight excluding hydrogens is 282 g/mol. The highest BCUT2D eigenvalue weighted by Gasteiger charge is 2.07. The van der Waals surface area contributed by atoms with Crippen molar-refractivity contribution < 1.29 is 9.53 Å². The van der Waals surface area contributed by atoms with Crippen molar-refractivity contribution in [2.75, 3.05) is 17.3 Å². The molecule has 17 heavy (non-hydrogen) atoms. The van der Waals surface area contributed by atoms with Crippen LogP contribution in [0.2, 0.25) is 0 Å². The van der Waals surface area contributed by atoms with E-state index < -0.39 is 0 Å². The van der Waals surface area contributed by atoms with Gasteiger partial charge in [-0.15, -0.1) is 0 Å². The van der Waals surface area contributed by atoms with E-state index in [0.29, 0.717) is 24.3 Å². The van der Waals surface area contributed by atoms with E-state index in [1.165, 1.54) is 0 Å². The van der Waals surface area contributed by atoms with E-state index in [0.717, 1.165) is 11.4 Å². The number of carbonyl (C=O) groups is 1. The van der Waals surface area contributed by atoms with Crippen LogP contribution in [0.1, 0.15) is 20.3 Å². The van der Waals surface area contributed by atoms with Crippen LogP contribution in [0.15, 0.2) is 24.3 Å². The van der Waals surface area contributed by atoms with Gasteiger partial charge in [0, 0.05) is 11.8 Å². The fourth-order valence-electron chi connectivity index (χ4n) is 1.25. The number of anilines is 1. The van der Waals surface area contributed by atoms with Gasteiger partial charge in [0.15, 0.2) is 0 Å². The number of ether oxygens (including phenoxy) is 1. The van der Waals surface area contributed by atoms with Gasteiger partial charge < -0.3 is 10.1 Å². The second kappa shape index (κ2) is 7.33. The van der Waals surface area contributed by atoms with Gasteiger partial charge in [0.2, 0.25) is 5.91 Å². The third-order valence-electron chi connectivity index (χ3n) is 2.05. The molecular formula is C13H18BrNO2. The molecule has 1 amide bonds. The van der Waals surface area contributed by atoms with Gasteiger partial charge in [-0.25, -0.2) is 0 Å². The lowest BCUT2D eigenvalue weighted by Crippen LogP contribution is -2.13. The molecule has 0 saturated heterocycles. The molecule has 1 rings (SSSR count). The standard InChI is InChI=1S/C13H18BrNO2/c1-10(2)9-17-12-6-4-3-5-11(12)15-13(16)7-8-14/h3-6,10H,7-9H2,1-2H3,(H,15,16). The molecule has 0 aliphatic rings. The van der Waals surface area contributed by atoms with Gasteiger partial charge >= 0.3 is 0 Å². The monoisotopic (exact) mass is 299 g/mol. The quantitative estimate of drug-likeness (QED) is 0.817. The Morgan fingerprint density at radius 1 is 1.41 bits per heavy atom. The lowest BCUT2D eigenvalue weighted by molar-refractivity contribution is -0.115. The van der Waals surface area contributed by atoms with Gasteiger partial charge in [0.1, 0.15) is 5.75 Å². The van der Waals surface area contributed by atoms with E-state index in [-0.39, 0.29) is 5.91 Å². The number of rotatable bonds is 6. The third kappa shape index (κ3) is 5.22. The summed E-state index contributed by atoms with van der Waals surface area (Å²) in [5.41, 5.74) is 0.735. The van der Waals surface area contributed by atoms with Crippen LogP contribution in [0.25, 0.3) is 0 Å². The van der Waals surface area contributed by atoms with Crippen LogP contribution in [0.5, 0.6) is 5.75 Å². The minimum Gasteiger partial charge on any atom is -0.491 e. The number of halogens is 1. The zero-order valence-corrected chi connectivity index (χ0v) is 11.8. The zero-order valence-electron chi connectivity index (χ0n) is 10.2. The molecule has 0 aromatic heterocycles. The van der Waals surface area contributed by atoms with Gasteiger partial charge in [-0.1, -0.05) is 41.9 Å². The Labute approximate surface area is 111 Å². The molecule has 1 aromatic carbocycles. The maximum atomic E-state index is 11.5. The molecule has 0 aliphatic heterocycles. The van der Waals surface area contributed by atoms with Crippen LogP contribution in [0, 0.1) is 5.92 Å². The Morgan fingerprint density at radius 3 is 2.76 bits per heavy atom. The van der Waals surface area contributed by atoms with Crippen LogP contribution in [0.3, 0.4) is 0 Å². The fourth-order valence-corrected chi connectivity index (χ4v) is 1.61. The summed E-state index contributed by atoms with van der Waals surface area (Å²) in [6, 6.07) is 7.50. The van der Waals surface area contributed by atoms with Crippen molar-refractivity contribution in [2.45, 2.75) is 20.3 Å². The minimum atomic E-state index is -0.0116. The number of benzene rings is 1. The summed E-state index contributed by atoms with van der Waals surface area (Å²) >= 11 is 3.24. The molecule has 0 fully saturated rings. The van der Waals surface area contributed by atoms with E-state index in [9.17, 15) is 4.79 Å². The molecule has 0 aliphatic carbocycles. The second-order valence-corrected chi connectivity index (χ2v) is 4.98. The van der Waals surface area contributed by atoms with Crippen molar-refractivity contribution in [2.24, 2.45) is 5.92 Å². The lowest BCUT2D eigenvalue weighted by atomic mass is 10.2. The summed E-state index contributed by atoms with van der Waals surface area (Å²) in [4.78, 5) is 11.5. The third-order valence-corrected chi connectivity index (χ3v) is 2.45. The predicted octanol–water partition coefficient (Wildman–Crippen LogP) is 3.44. The number of para-hydroxylation sites is 2. The molecule has 0 atom stereocenters. The SMILES string of the molecule is CC(C)COc1ccccc1NC(=O)CCBr. The lowest BCUT2D eigenvalue weighted by Gasteiger charge is -2.13. The van der Waals surface area contributed by atoms with Gasteiger partial charge in [-0.3, -0.25) is 4.79 Å². The summed E-state index contributed by atoms with van der Waals surface area (Å²) in [5.74, 6) is 1.17. The number of amides is 1. The van der Waals surface area contributed by atoms with Gasteiger partial charge in [0.25, 0.3) is 0 Å².